The first kappa shape index (κ1) is 18.1. The third kappa shape index (κ3) is 3.04. The van der Waals surface area contributed by atoms with Gasteiger partial charge in [0.15, 0.2) is 0 Å². The van der Waals surface area contributed by atoms with E-state index in [1.54, 1.807) is 17.4 Å². The van der Waals surface area contributed by atoms with Crippen LogP contribution in [0.2, 0.25) is 0 Å². The SMILES string of the molecule is C=C(C)N=c1c2cc(C3CC3)sc2nc(-c2ccc(O)cc2F)c2ccn(C)c12. The van der Waals surface area contributed by atoms with E-state index < -0.39 is 5.82 Å². The summed E-state index contributed by atoms with van der Waals surface area (Å²) >= 11 is 1.66. The normalized spacial score (nSPS) is 14.8. The van der Waals surface area contributed by atoms with Crippen LogP contribution in [0.4, 0.5) is 4.39 Å². The number of aromatic hydroxyl groups is 1. The Hall–Kier alpha value is -2.99. The Bertz CT molecular complexity index is 1380. The fourth-order valence-corrected chi connectivity index (χ4v) is 4.94. The molecule has 0 radical (unpaired) electrons. The summed E-state index contributed by atoms with van der Waals surface area (Å²) in [5.41, 5.74) is 2.50. The molecule has 29 heavy (non-hydrogen) atoms. The number of phenolic OH excluding ortho intramolecular Hbond substituents is 1. The molecule has 1 aromatic carbocycles. The second-order valence-corrected chi connectivity index (χ2v) is 8.71. The highest BCUT2D eigenvalue weighted by Crippen LogP contribution is 2.44. The zero-order valence-corrected chi connectivity index (χ0v) is 17.1. The molecule has 0 amide bonds. The van der Waals surface area contributed by atoms with Crippen LogP contribution in [0.25, 0.3) is 32.4 Å². The van der Waals surface area contributed by atoms with Gasteiger partial charge in [-0.2, -0.15) is 0 Å². The van der Waals surface area contributed by atoms with E-state index in [1.165, 1.54) is 23.8 Å². The van der Waals surface area contributed by atoms with Crippen LogP contribution < -0.4 is 5.36 Å². The number of thiophene rings is 1. The first-order valence-electron chi connectivity index (χ1n) is 9.54. The van der Waals surface area contributed by atoms with Crippen LogP contribution in [-0.4, -0.2) is 14.7 Å². The molecule has 0 unspecified atom stereocenters. The van der Waals surface area contributed by atoms with Crippen LogP contribution >= 0.6 is 11.3 Å². The molecule has 5 rings (SSSR count). The molecule has 1 saturated carbocycles. The molecule has 0 atom stereocenters. The number of hydrogen-bond donors (Lipinski definition) is 1. The minimum atomic E-state index is -0.501. The molecule has 3 heterocycles. The first-order chi connectivity index (χ1) is 13.9. The predicted molar refractivity (Wildman–Crippen MR) is 116 cm³/mol. The molecule has 4 nitrogen and oxygen atoms in total. The maximum absolute atomic E-state index is 14.8. The molecule has 0 aliphatic heterocycles. The molecule has 0 spiro atoms. The number of aryl methyl sites for hydroxylation is 1. The van der Waals surface area contributed by atoms with E-state index >= 15 is 0 Å². The summed E-state index contributed by atoms with van der Waals surface area (Å²) in [4.78, 5) is 11.8. The van der Waals surface area contributed by atoms with Gasteiger partial charge in [-0.15, -0.1) is 11.3 Å². The molecule has 0 saturated heterocycles. The summed E-state index contributed by atoms with van der Waals surface area (Å²) in [6.07, 6.45) is 4.33. The van der Waals surface area contributed by atoms with Crippen molar-refractivity contribution >= 4 is 32.5 Å². The highest BCUT2D eigenvalue weighted by molar-refractivity contribution is 7.18. The van der Waals surface area contributed by atoms with Gasteiger partial charge in [-0.05, 0) is 49.9 Å². The summed E-state index contributed by atoms with van der Waals surface area (Å²) in [5.74, 6) is -0.0135. The van der Waals surface area contributed by atoms with Gasteiger partial charge in [0.1, 0.15) is 16.4 Å². The quantitative estimate of drug-likeness (QED) is 0.481. The zero-order valence-electron chi connectivity index (χ0n) is 16.2. The molecule has 1 aliphatic rings. The van der Waals surface area contributed by atoms with Crippen molar-refractivity contribution in [2.24, 2.45) is 12.0 Å². The van der Waals surface area contributed by atoms with Gasteiger partial charge in [-0.1, -0.05) is 6.58 Å². The van der Waals surface area contributed by atoms with Crippen LogP contribution in [-0.2, 0) is 7.05 Å². The van der Waals surface area contributed by atoms with E-state index in [0.29, 0.717) is 22.9 Å². The van der Waals surface area contributed by atoms with E-state index in [2.05, 4.69) is 12.6 Å². The number of benzene rings is 1. The number of rotatable bonds is 3. The Morgan fingerprint density at radius 3 is 2.76 bits per heavy atom. The highest BCUT2D eigenvalue weighted by Gasteiger charge is 2.26. The molecule has 1 aliphatic carbocycles. The molecule has 1 N–H and O–H groups in total. The molecule has 146 valence electrons. The van der Waals surface area contributed by atoms with Gasteiger partial charge >= 0.3 is 0 Å². The molecule has 1 fully saturated rings. The number of allylic oxidation sites excluding steroid dienone is 1. The summed E-state index contributed by atoms with van der Waals surface area (Å²) < 4.78 is 16.8. The molecular weight excluding hydrogens is 385 g/mol. The van der Waals surface area contributed by atoms with Gasteiger partial charge in [0, 0.05) is 46.2 Å². The minimum absolute atomic E-state index is 0.105. The van der Waals surface area contributed by atoms with E-state index in [0.717, 1.165) is 32.5 Å². The minimum Gasteiger partial charge on any atom is -0.508 e. The van der Waals surface area contributed by atoms with Crippen LogP contribution in [0, 0.1) is 5.82 Å². The standard InChI is InChI=1S/C23H20FN3OS/c1-12(2)25-21-17-11-19(13-4-5-13)29-23(17)26-20(16-8-9-27(3)22(16)21)15-7-6-14(28)10-18(15)24/h6-11,13,28H,1,4-5H2,2-3H3. The second kappa shape index (κ2) is 6.52. The van der Waals surface area contributed by atoms with Crippen LogP contribution in [0.1, 0.15) is 30.6 Å². The Morgan fingerprint density at radius 1 is 1.28 bits per heavy atom. The van der Waals surface area contributed by atoms with Crippen molar-refractivity contribution < 1.29 is 9.50 Å². The summed E-state index contributed by atoms with van der Waals surface area (Å²) in [7, 11) is 1.96. The lowest BCUT2D eigenvalue weighted by Gasteiger charge is -2.03. The van der Waals surface area contributed by atoms with Crippen molar-refractivity contribution in [3.05, 3.63) is 64.9 Å². The van der Waals surface area contributed by atoms with E-state index in [9.17, 15) is 9.50 Å². The monoisotopic (exact) mass is 405 g/mol. The summed E-state index contributed by atoms with van der Waals surface area (Å²) in [5, 5.41) is 12.2. The number of phenols is 1. The van der Waals surface area contributed by atoms with Gasteiger partial charge in [0.05, 0.1) is 16.6 Å². The highest BCUT2D eigenvalue weighted by atomic mass is 32.1. The lowest BCUT2D eigenvalue weighted by Crippen LogP contribution is -2.05. The zero-order chi connectivity index (χ0) is 20.3. The van der Waals surface area contributed by atoms with Gasteiger partial charge in [-0.25, -0.2) is 9.37 Å². The number of hydrogen-bond acceptors (Lipinski definition) is 4. The average molecular weight is 405 g/mol. The third-order valence-electron chi connectivity index (χ3n) is 5.24. The Morgan fingerprint density at radius 2 is 2.07 bits per heavy atom. The molecule has 4 aromatic rings. The second-order valence-electron chi connectivity index (χ2n) is 7.65. The lowest BCUT2D eigenvalue weighted by molar-refractivity contribution is 0.469. The third-order valence-corrected chi connectivity index (χ3v) is 6.43. The van der Waals surface area contributed by atoms with Crippen molar-refractivity contribution in [2.45, 2.75) is 25.7 Å². The number of aromatic nitrogens is 2. The molecule has 6 heteroatoms. The van der Waals surface area contributed by atoms with Crippen molar-refractivity contribution in [2.75, 3.05) is 0 Å². The maximum atomic E-state index is 14.8. The van der Waals surface area contributed by atoms with Gasteiger partial charge in [0.25, 0.3) is 0 Å². The fourth-order valence-electron chi connectivity index (χ4n) is 3.73. The molecule has 0 bridgehead atoms. The molecular formula is C23H20FN3OS. The molecule has 3 aromatic heterocycles. The Kier molecular flexibility index (Phi) is 4.06. The number of nitrogens with zero attached hydrogens (tertiary/aromatic N) is 3. The van der Waals surface area contributed by atoms with E-state index in [1.807, 2.05) is 30.8 Å². The summed E-state index contributed by atoms with van der Waals surface area (Å²) in [6, 6.07) is 8.32. The number of halogens is 1. The predicted octanol–water partition coefficient (Wildman–Crippen LogP) is 5.61. The van der Waals surface area contributed by atoms with Crippen LogP contribution in [0.3, 0.4) is 0 Å². The number of fused-ring (bicyclic) bond motifs is 2. The van der Waals surface area contributed by atoms with Crippen molar-refractivity contribution in [3.63, 3.8) is 0 Å². The van der Waals surface area contributed by atoms with Crippen molar-refractivity contribution in [3.8, 4) is 17.0 Å². The van der Waals surface area contributed by atoms with E-state index in [4.69, 9.17) is 9.98 Å². The van der Waals surface area contributed by atoms with E-state index in [-0.39, 0.29) is 5.75 Å². The van der Waals surface area contributed by atoms with Crippen LogP contribution in [0.15, 0.2) is 53.8 Å². The fraction of sp³-hybridized carbons (Fsp3) is 0.217. The topological polar surface area (TPSA) is 50.4 Å². The lowest BCUT2D eigenvalue weighted by atomic mass is 10.1. The smallest absolute Gasteiger partial charge is 0.136 e. The van der Waals surface area contributed by atoms with Crippen molar-refractivity contribution in [1.82, 2.24) is 9.55 Å². The largest absolute Gasteiger partial charge is 0.508 e. The Labute approximate surface area is 171 Å². The van der Waals surface area contributed by atoms with Crippen molar-refractivity contribution in [1.29, 1.82) is 0 Å². The van der Waals surface area contributed by atoms with Crippen LogP contribution in [0.5, 0.6) is 5.75 Å². The van der Waals surface area contributed by atoms with Gasteiger partial charge in [-0.3, -0.25) is 4.99 Å². The summed E-state index contributed by atoms with van der Waals surface area (Å²) in [6.45, 7) is 5.85. The maximum Gasteiger partial charge on any atom is 0.136 e. The Balaban J connectivity index is 1.99. The van der Waals surface area contributed by atoms with Gasteiger partial charge in [0.2, 0.25) is 0 Å². The van der Waals surface area contributed by atoms with Gasteiger partial charge < -0.3 is 9.67 Å². The average Bonchev–Trinajstić information content (AvgIpc) is 3.34. The first-order valence-corrected chi connectivity index (χ1v) is 10.4.